The van der Waals surface area contributed by atoms with E-state index in [0.29, 0.717) is 6.42 Å². The molecule has 0 saturated carbocycles. The van der Waals surface area contributed by atoms with Crippen LogP contribution in [0.1, 0.15) is 35.2 Å². The molecule has 0 bridgehead atoms. The number of Topliss-reactive ketones (excluding diaryl/α,β-unsaturated/α-hetero) is 1. The summed E-state index contributed by atoms with van der Waals surface area (Å²) in [6.45, 7) is 3.90. The Bertz CT molecular complexity index is 467. The minimum Gasteiger partial charge on any atom is -0.486 e. The largest absolute Gasteiger partial charge is 0.486 e. The van der Waals surface area contributed by atoms with Crippen LogP contribution >= 0.6 is 12.4 Å². The number of fused-ring (bicyclic) bond motifs is 1. The third-order valence-electron chi connectivity index (χ3n) is 3.76. The zero-order chi connectivity index (χ0) is 11.9. The lowest BCUT2D eigenvalue weighted by atomic mass is 9.83. The highest BCUT2D eigenvalue weighted by molar-refractivity contribution is 6.00. The van der Waals surface area contributed by atoms with Gasteiger partial charge in [0.25, 0.3) is 0 Å². The Morgan fingerprint density at radius 1 is 1.28 bits per heavy atom. The van der Waals surface area contributed by atoms with Crippen molar-refractivity contribution < 1.29 is 9.53 Å². The van der Waals surface area contributed by atoms with Crippen molar-refractivity contribution in [3.8, 4) is 5.75 Å². The smallest absolute Gasteiger partial charge is 0.170 e. The van der Waals surface area contributed by atoms with Gasteiger partial charge >= 0.3 is 0 Å². The number of rotatable bonds is 0. The molecule has 1 saturated heterocycles. The summed E-state index contributed by atoms with van der Waals surface area (Å²) < 4.78 is 6.15. The Labute approximate surface area is 113 Å². The maximum absolute atomic E-state index is 12.2. The highest BCUT2D eigenvalue weighted by Gasteiger charge is 2.41. The molecule has 3 nitrogen and oxygen atoms in total. The summed E-state index contributed by atoms with van der Waals surface area (Å²) >= 11 is 0. The van der Waals surface area contributed by atoms with Crippen molar-refractivity contribution in [2.75, 3.05) is 13.1 Å². The first kappa shape index (κ1) is 13.4. The van der Waals surface area contributed by atoms with Gasteiger partial charge in [-0.2, -0.15) is 0 Å². The van der Waals surface area contributed by atoms with E-state index in [2.05, 4.69) is 5.32 Å². The molecular formula is C14H18ClNO2. The van der Waals surface area contributed by atoms with Crippen molar-refractivity contribution in [2.45, 2.75) is 31.8 Å². The van der Waals surface area contributed by atoms with Gasteiger partial charge in [0.05, 0.1) is 12.0 Å². The Balaban J connectivity index is 0.00000120. The predicted octanol–water partition coefficient (Wildman–Crippen LogP) is 2.50. The van der Waals surface area contributed by atoms with E-state index in [4.69, 9.17) is 4.74 Å². The molecule has 0 radical (unpaired) electrons. The number of halogens is 1. The number of ketones is 1. The summed E-state index contributed by atoms with van der Waals surface area (Å²) in [6, 6.07) is 5.84. The fourth-order valence-corrected chi connectivity index (χ4v) is 2.76. The molecule has 1 N–H and O–H groups in total. The molecule has 4 heteroatoms. The van der Waals surface area contributed by atoms with E-state index >= 15 is 0 Å². The van der Waals surface area contributed by atoms with Gasteiger partial charge in [-0.3, -0.25) is 4.79 Å². The zero-order valence-electron chi connectivity index (χ0n) is 10.5. The van der Waals surface area contributed by atoms with Crippen LogP contribution in [0, 0.1) is 6.92 Å². The quantitative estimate of drug-likeness (QED) is 0.785. The van der Waals surface area contributed by atoms with E-state index in [-0.39, 0.29) is 23.8 Å². The second-order valence-corrected chi connectivity index (χ2v) is 5.13. The van der Waals surface area contributed by atoms with Crippen LogP contribution in [0.25, 0.3) is 0 Å². The summed E-state index contributed by atoms with van der Waals surface area (Å²) in [6.07, 6.45) is 2.38. The SMILES string of the molecule is Cc1ccc2c(c1)OC1(CCNCC1)CC2=O.Cl. The molecule has 1 fully saturated rings. The molecule has 1 aromatic carbocycles. The van der Waals surface area contributed by atoms with Crippen molar-refractivity contribution in [1.29, 1.82) is 0 Å². The van der Waals surface area contributed by atoms with Gasteiger partial charge in [-0.15, -0.1) is 12.4 Å². The first-order valence-corrected chi connectivity index (χ1v) is 6.22. The van der Waals surface area contributed by atoms with Gasteiger partial charge in [0.1, 0.15) is 11.4 Å². The van der Waals surface area contributed by atoms with Crippen LogP contribution in [0.4, 0.5) is 0 Å². The van der Waals surface area contributed by atoms with E-state index in [1.807, 2.05) is 25.1 Å². The molecule has 0 amide bonds. The van der Waals surface area contributed by atoms with Gasteiger partial charge < -0.3 is 10.1 Å². The van der Waals surface area contributed by atoms with Crippen LogP contribution in [-0.2, 0) is 0 Å². The van der Waals surface area contributed by atoms with Gasteiger partial charge in [-0.25, -0.2) is 0 Å². The highest BCUT2D eigenvalue weighted by atomic mass is 35.5. The van der Waals surface area contributed by atoms with Crippen molar-refractivity contribution in [3.63, 3.8) is 0 Å². The van der Waals surface area contributed by atoms with Gasteiger partial charge in [-0.1, -0.05) is 6.07 Å². The van der Waals surface area contributed by atoms with E-state index in [1.54, 1.807) is 0 Å². The molecule has 3 rings (SSSR count). The fourth-order valence-electron chi connectivity index (χ4n) is 2.76. The van der Waals surface area contributed by atoms with Crippen LogP contribution in [0.5, 0.6) is 5.75 Å². The number of piperidine rings is 1. The number of ether oxygens (including phenoxy) is 1. The molecule has 0 atom stereocenters. The topological polar surface area (TPSA) is 38.3 Å². The van der Waals surface area contributed by atoms with Crippen molar-refractivity contribution >= 4 is 18.2 Å². The lowest BCUT2D eigenvalue weighted by Crippen LogP contribution is -2.49. The highest BCUT2D eigenvalue weighted by Crippen LogP contribution is 2.38. The lowest BCUT2D eigenvalue weighted by Gasteiger charge is -2.40. The monoisotopic (exact) mass is 267 g/mol. The summed E-state index contributed by atoms with van der Waals surface area (Å²) in [5.74, 6) is 1.01. The van der Waals surface area contributed by atoms with Crippen LogP contribution in [0.15, 0.2) is 18.2 Å². The number of aryl methyl sites for hydroxylation is 1. The summed E-state index contributed by atoms with van der Waals surface area (Å²) in [7, 11) is 0. The molecule has 0 unspecified atom stereocenters. The van der Waals surface area contributed by atoms with Crippen LogP contribution in [0.3, 0.4) is 0 Å². The van der Waals surface area contributed by atoms with Crippen molar-refractivity contribution in [1.82, 2.24) is 5.32 Å². The Hall–Kier alpha value is -1.06. The first-order valence-electron chi connectivity index (χ1n) is 6.22. The number of hydrogen-bond donors (Lipinski definition) is 1. The zero-order valence-corrected chi connectivity index (χ0v) is 11.3. The Morgan fingerprint density at radius 2 is 2.00 bits per heavy atom. The maximum atomic E-state index is 12.2. The van der Waals surface area contributed by atoms with Crippen LogP contribution in [-0.4, -0.2) is 24.5 Å². The number of carbonyl (C=O) groups is 1. The minimum absolute atomic E-state index is 0. The normalized spacial score (nSPS) is 20.8. The Kier molecular flexibility index (Phi) is 3.64. The summed E-state index contributed by atoms with van der Waals surface area (Å²) in [5, 5.41) is 3.32. The van der Waals surface area contributed by atoms with E-state index in [9.17, 15) is 4.79 Å². The van der Waals surface area contributed by atoms with E-state index < -0.39 is 0 Å². The second-order valence-electron chi connectivity index (χ2n) is 5.13. The van der Waals surface area contributed by atoms with E-state index in [0.717, 1.165) is 42.8 Å². The first-order chi connectivity index (χ1) is 8.19. The van der Waals surface area contributed by atoms with Gasteiger partial charge in [0.15, 0.2) is 5.78 Å². The van der Waals surface area contributed by atoms with Crippen molar-refractivity contribution in [2.24, 2.45) is 0 Å². The lowest BCUT2D eigenvalue weighted by molar-refractivity contribution is 0.0187. The molecule has 2 aliphatic heterocycles. The van der Waals surface area contributed by atoms with Gasteiger partial charge in [-0.05, 0) is 37.7 Å². The number of carbonyl (C=O) groups excluding carboxylic acids is 1. The average Bonchev–Trinajstić information content (AvgIpc) is 2.29. The third kappa shape index (κ3) is 2.25. The summed E-state index contributed by atoms with van der Waals surface area (Å²) in [4.78, 5) is 12.2. The van der Waals surface area contributed by atoms with Crippen molar-refractivity contribution in [3.05, 3.63) is 29.3 Å². The second kappa shape index (κ2) is 4.90. The maximum Gasteiger partial charge on any atom is 0.170 e. The fraction of sp³-hybridized carbons (Fsp3) is 0.500. The molecule has 2 aliphatic rings. The van der Waals surface area contributed by atoms with Gasteiger partial charge in [0, 0.05) is 12.8 Å². The average molecular weight is 268 g/mol. The van der Waals surface area contributed by atoms with Gasteiger partial charge in [0.2, 0.25) is 0 Å². The van der Waals surface area contributed by atoms with Crippen LogP contribution < -0.4 is 10.1 Å². The number of hydrogen-bond acceptors (Lipinski definition) is 3. The number of nitrogens with one attached hydrogen (secondary N) is 1. The minimum atomic E-state index is -0.247. The molecule has 1 spiro atoms. The standard InChI is InChI=1S/C14H17NO2.ClH/c1-10-2-3-11-12(16)9-14(17-13(11)8-10)4-6-15-7-5-14;/h2-3,8,15H,4-7,9H2,1H3;1H. The predicted molar refractivity (Wildman–Crippen MR) is 72.8 cm³/mol. The molecule has 1 aromatic rings. The molecular weight excluding hydrogens is 250 g/mol. The number of benzene rings is 1. The Morgan fingerprint density at radius 3 is 2.72 bits per heavy atom. The van der Waals surface area contributed by atoms with E-state index in [1.165, 1.54) is 0 Å². The molecule has 98 valence electrons. The third-order valence-corrected chi connectivity index (χ3v) is 3.76. The van der Waals surface area contributed by atoms with Crippen LogP contribution in [0.2, 0.25) is 0 Å². The molecule has 18 heavy (non-hydrogen) atoms. The summed E-state index contributed by atoms with van der Waals surface area (Å²) in [5.41, 5.74) is 1.64. The molecule has 0 aliphatic carbocycles. The molecule has 2 heterocycles. The molecule has 0 aromatic heterocycles.